The average Bonchev–Trinajstić information content (AvgIpc) is 2.63. The lowest BCUT2D eigenvalue weighted by Crippen LogP contribution is -2.09. The third-order valence-corrected chi connectivity index (χ3v) is 5.25. The Morgan fingerprint density at radius 2 is 1.62 bits per heavy atom. The molecule has 0 saturated heterocycles. The molecule has 0 saturated carbocycles. The predicted molar refractivity (Wildman–Crippen MR) is 125 cm³/mol. The molecule has 0 unspecified atom stereocenters. The lowest BCUT2D eigenvalue weighted by atomic mass is 9.88. The van der Waals surface area contributed by atoms with Gasteiger partial charge in [0.15, 0.2) is 5.75 Å². The van der Waals surface area contributed by atoms with Crippen molar-refractivity contribution in [2.45, 2.75) is 33.7 Å². The smallest absolute Gasteiger partial charge is 0.151 e. The lowest BCUT2D eigenvalue weighted by Gasteiger charge is -2.19. The topological polar surface area (TPSA) is 21.3 Å². The van der Waals surface area contributed by atoms with E-state index < -0.39 is 0 Å². The molecule has 3 rings (SSSR count). The zero-order valence-corrected chi connectivity index (χ0v) is 19.0. The van der Waals surface area contributed by atoms with Crippen LogP contribution in [0, 0.1) is 5.41 Å². The molecule has 0 aliphatic rings. The Morgan fingerprint density at radius 1 is 0.828 bits per heavy atom. The van der Waals surface area contributed by atoms with Gasteiger partial charge >= 0.3 is 0 Å². The van der Waals surface area contributed by atoms with Crippen LogP contribution in [0.4, 0.5) is 5.69 Å². The van der Waals surface area contributed by atoms with Gasteiger partial charge < -0.3 is 10.1 Å². The van der Waals surface area contributed by atoms with Crippen LogP contribution in [0.15, 0.2) is 60.7 Å². The van der Waals surface area contributed by atoms with E-state index in [1.165, 1.54) is 5.56 Å². The summed E-state index contributed by atoms with van der Waals surface area (Å²) in [6, 6.07) is 19.3. The molecule has 0 spiro atoms. The van der Waals surface area contributed by atoms with Gasteiger partial charge in [-0.2, -0.15) is 0 Å². The first-order valence-corrected chi connectivity index (χ1v) is 10.6. The normalized spacial score (nSPS) is 11.4. The van der Waals surface area contributed by atoms with Gasteiger partial charge in [0.1, 0.15) is 5.75 Å². The van der Waals surface area contributed by atoms with E-state index in [0.29, 0.717) is 27.4 Å². The monoisotopic (exact) mass is 447 g/mol. The van der Waals surface area contributed by atoms with Crippen LogP contribution in [0.5, 0.6) is 11.5 Å². The Bertz CT molecular complexity index is 996. The summed E-state index contributed by atoms with van der Waals surface area (Å²) in [5.74, 6) is 1.46. The van der Waals surface area contributed by atoms with Crippen LogP contribution in [0.25, 0.3) is 0 Å². The van der Waals surface area contributed by atoms with Gasteiger partial charge in [0.2, 0.25) is 0 Å². The fourth-order valence-electron chi connectivity index (χ4n) is 3.03. The van der Waals surface area contributed by atoms with E-state index >= 15 is 0 Å². The fraction of sp³-hybridized carbons (Fsp3) is 0.250. The predicted octanol–water partition coefficient (Wildman–Crippen LogP) is 8.64. The number of ether oxygens (including phenoxy) is 1. The summed E-state index contributed by atoms with van der Waals surface area (Å²) in [7, 11) is 0. The van der Waals surface area contributed by atoms with Crippen LogP contribution in [0.1, 0.15) is 31.9 Å². The average molecular weight is 449 g/mol. The number of hydrogen-bond acceptors (Lipinski definition) is 2. The summed E-state index contributed by atoms with van der Waals surface area (Å²) in [6.45, 7) is 7.26. The Hall–Kier alpha value is -1.87. The Labute approximate surface area is 187 Å². The molecule has 29 heavy (non-hydrogen) atoms. The first kappa shape index (κ1) is 21.8. The molecule has 1 N–H and O–H groups in total. The summed E-state index contributed by atoms with van der Waals surface area (Å²) in [5, 5.41) is 5.09. The molecule has 5 heteroatoms. The zero-order chi connectivity index (χ0) is 21.0. The van der Waals surface area contributed by atoms with E-state index in [4.69, 9.17) is 39.5 Å². The minimum atomic E-state index is 0.210. The first-order valence-electron chi connectivity index (χ1n) is 9.44. The van der Waals surface area contributed by atoms with E-state index in [2.05, 4.69) is 38.2 Å². The molecule has 0 heterocycles. The van der Waals surface area contributed by atoms with Gasteiger partial charge in [0.05, 0.1) is 15.7 Å². The molecule has 3 aromatic carbocycles. The van der Waals surface area contributed by atoms with Crippen molar-refractivity contribution in [2.75, 3.05) is 5.32 Å². The van der Waals surface area contributed by atoms with Crippen LogP contribution < -0.4 is 10.1 Å². The van der Waals surface area contributed by atoms with Crippen molar-refractivity contribution in [1.29, 1.82) is 0 Å². The quantitative estimate of drug-likeness (QED) is 0.407. The second-order valence-corrected chi connectivity index (χ2v) is 9.48. The molecule has 0 atom stereocenters. The van der Waals surface area contributed by atoms with E-state index in [9.17, 15) is 0 Å². The Kier molecular flexibility index (Phi) is 7.00. The third kappa shape index (κ3) is 6.57. The van der Waals surface area contributed by atoms with E-state index in [-0.39, 0.29) is 5.41 Å². The van der Waals surface area contributed by atoms with Crippen molar-refractivity contribution in [3.63, 3.8) is 0 Å². The van der Waals surface area contributed by atoms with Gasteiger partial charge in [0, 0.05) is 17.6 Å². The fourth-order valence-corrected chi connectivity index (χ4v) is 3.51. The van der Waals surface area contributed by atoms with E-state index in [1.54, 1.807) is 6.07 Å². The maximum Gasteiger partial charge on any atom is 0.151 e. The maximum absolute atomic E-state index is 6.22. The highest BCUT2D eigenvalue weighted by atomic mass is 35.5. The number of nitrogens with one attached hydrogen (secondary N) is 1. The van der Waals surface area contributed by atoms with Crippen molar-refractivity contribution in [3.8, 4) is 11.5 Å². The molecule has 0 amide bonds. The number of hydrogen-bond donors (Lipinski definition) is 1. The molecular formula is C24H24Cl3NO. The van der Waals surface area contributed by atoms with Gasteiger partial charge in [-0.05, 0) is 59.4 Å². The highest BCUT2D eigenvalue weighted by Gasteiger charge is 2.13. The number of benzene rings is 3. The summed E-state index contributed by atoms with van der Waals surface area (Å²) in [6.07, 6.45) is 0.974. The second kappa shape index (κ2) is 9.30. The summed E-state index contributed by atoms with van der Waals surface area (Å²) < 4.78 is 6.18. The van der Waals surface area contributed by atoms with Crippen molar-refractivity contribution in [3.05, 3.63) is 86.9 Å². The van der Waals surface area contributed by atoms with Gasteiger partial charge in [-0.15, -0.1) is 0 Å². The summed E-state index contributed by atoms with van der Waals surface area (Å²) >= 11 is 18.3. The molecule has 0 fully saturated rings. The molecule has 0 radical (unpaired) electrons. The molecule has 2 nitrogen and oxygen atoms in total. The Balaban J connectivity index is 1.78. The standard InChI is InChI=1S/C24H24Cl3NO/c1-24(2,3)14-16-5-4-6-19(11-16)29-23-13-18(25)8-10-22(23)28-15-17-7-9-20(26)21(27)12-17/h4-13,28H,14-15H2,1-3H3. The lowest BCUT2D eigenvalue weighted by molar-refractivity contribution is 0.410. The first-order chi connectivity index (χ1) is 13.7. The van der Waals surface area contributed by atoms with Crippen LogP contribution in [-0.4, -0.2) is 0 Å². The molecule has 0 aromatic heterocycles. The minimum absolute atomic E-state index is 0.210. The number of anilines is 1. The van der Waals surface area contributed by atoms with E-state index in [1.807, 2.05) is 42.5 Å². The third-order valence-electron chi connectivity index (χ3n) is 4.27. The second-order valence-electron chi connectivity index (χ2n) is 8.23. The summed E-state index contributed by atoms with van der Waals surface area (Å²) in [5.41, 5.74) is 3.32. The Morgan fingerprint density at radius 3 is 2.34 bits per heavy atom. The van der Waals surface area contributed by atoms with Crippen molar-refractivity contribution < 1.29 is 4.74 Å². The highest BCUT2D eigenvalue weighted by Crippen LogP contribution is 2.34. The van der Waals surface area contributed by atoms with Gasteiger partial charge in [-0.3, -0.25) is 0 Å². The van der Waals surface area contributed by atoms with Gasteiger partial charge in [-0.25, -0.2) is 0 Å². The van der Waals surface area contributed by atoms with E-state index in [0.717, 1.165) is 23.4 Å². The van der Waals surface area contributed by atoms with Crippen molar-refractivity contribution in [1.82, 2.24) is 0 Å². The van der Waals surface area contributed by atoms with Crippen LogP contribution in [-0.2, 0) is 13.0 Å². The minimum Gasteiger partial charge on any atom is -0.455 e. The van der Waals surface area contributed by atoms with Gasteiger partial charge in [-0.1, -0.05) is 73.8 Å². The molecule has 3 aromatic rings. The van der Waals surface area contributed by atoms with Crippen molar-refractivity contribution >= 4 is 40.5 Å². The van der Waals surface area contributed by atoms with Gasteiger partial charge in [0.25, 0.3) is 0 Å². The largest absolute Gasteiger partial charge is 0.455 e. The zero-order valence-electron chi connectivity index (χ0n) is 16.7. The van der Waals surface area contributed by atoms with Crippen LogP contribution in [0.2, 0.25) is 15.1 Å². The number of halogens is 3. The highest BCUT2D eigenvalue weighted by molar-refractivity contribution is 6.42. The molecule has 0 aliphatic heterocycles. The maximum atomic E-state index is 6.22. The molecule has 0 bridgehead atoms. The SMILES string of the molecule is CC(C)(C)Cc1cccc(Oc2cc(Cl)ccc2NCc2ccc(Cl)c(Cl)c2)c1. The number of rotatable bonds is 6. The van der Waals surface area contributed by atoms with Crippen LogP contribution >= 0.6 is 34.8 Å². The molecule has 152 valence electrons. The summed E-state index contributed by atoms with van der Waals surface area (Å²) in [4.78, 5) is 0. The molecule has 0 aliphatic carbocycles. The van der Waals surface area contributed by atoms with Crippen molar-refractivity contribution in [2.24, 2.45) is 5.41 Å². The molecular weight excluding hydrogens is 425 g/mol. The van der Waals surface area contributed by atoms with Crippen LogP contribution in [0.3, 0.4) is 0 Å².